The van der Waals surface area contributed by atoms with Gasteiger partial charge in [0.25, 0.3) is 0 Å². The van der Waals surface area contributed by atoms with E-state index < -0.39 is 5.82 Å². The molecule has 2 unspecified atom stereocenters. The second-order valence-corrected chi connectivity index (χ2v) is 6.27. The zero-order valence-electron chi connectivity index (χ0n) is 12.4. The zero-order chi connectivity index (χ0) is 15.5. The van der Waals surface area contributed by atoms with Crippen molar-refractivity contribution in [3.63, 3.8) is 0 Å². The van der Waals surface area contributed by atoms with Crippen molar-refractivity contribution in [3.8, 4) is 0 Å². The molecule has 1 N–H and O–H groups in total. The van der Waals surface area contributed by atoms with E-state index in [0.29, 0.717) is 19.7 Å². The summed E-state index contributed by atoms with van der Waals surface area (Å²) in [6.45, 7) is 3.34. The number of benzene rings is 1. The summed E-state index contributed by atoms with van der Waals surface area (Å²) in [5.74, 6) is -0.194. The maximum atomic E-state index is 13.3. The average molecular weight is 327 g/mol. The summed E-state index contributed by atoms with van der Waals surface area (Å²) in [6, 6.07) is 4.59. The lowest BCUT2D eigenvalue weighted by atomic mass is 9.97. The minimum absolute atomic E-state index is 0.0595. The van der Waals surface area contributed by atoms with Crippen molar-refractivity contribution in [2.75, 3.05) is 32.8 Å². The molecule has 1 aromatic rings. The van der Waals surface area contributed by atoms with Crippen molar-refractivity contribution in [2.24, 2.45) is 5.92 Å². The highest BCUT2D eigenvalue weighted by molar-refractivity contribution is 6.30. The van der Waals surface area contributed by atoms with Gasteiger partial charge in [0.05, 0.1) is 24.1 Å². The summed E-state index contributed by atoms with van der Waals surface area (Å²) in [7, 11) is 0. The molecule has 0 bridgehead atoms. The second-order valence-electron chi connectivity index (χ2n) is 5.86. The summed E-state index contributed by atoms with van der Waals surface area (Å²) in [6.07, 6.45) is 1.74. The standard InChI is InChI=1S/C16H20ClFN2O2/c17-13-8-11(3-4-14(13)18)15-10-20(6-7-22-15)16(21)12-2-1-5-19-9-12/h3-4,8,12,15,19H,1-2,5-7,9-10H2. The molecule has 1 aromatic carbocycles. The van der Waals surface area contributed by atoms with Crippen LogP contribution in [0.1, 0.15) is 24.5 Å². The van der Waals surface area contributed by atoms with Crippen molar-refractivity contribution in [1.29, 1.82) is 0 Å². The highest BCUT2D eigenvalue weighted by atomic mass is 35.5. The van der Waals surface area contributed by atoms with E-state index in [0.717, 1.165) is 31.5 Å². The van der Waals surface area contributed by atoms with Gasteiger partial charge in [0.15, 0.2) is 0 Å². The Morgan fingerprint density at radius 2 is 2.32 bits per heavy atom. The maximum Gasteiger partial charge on any atom is 0.227 e. The van der Waals surface area contributed by atoms with Crippen LogP contribution in [0.4, 0.5) is 4.39 Å². The van der Waals surface area contributed by atoms with Crippen LogP contribution in [0.5, 0.6) is 0 Å². The maximum absolute atomic E-state index is 13.3. The Kier molecular flexibility index (Phi) is 4.96. The van der Waals surface area contributed by atoms with Gasteiger partial charge in [-0.15, -0.1) is 0 Å². The lowest BCUT2D eigenvalue weighted by molar-refractivity contribution is -0.143. The Bertz CT molecular complexity index is 549. The molecular weight excluding hydrogens is 307 g/mol. The first-order valence-electron chi connectivity index (χ1n) is 7.71. The van der Waals surface area contributed by atoms with Gasteiger partial charge in [-0.1, -0.05) is 17.7 Å². The van der Waals surface area contributed by atoms with Crippen molar-refractivity contribution >= 4 is 17.5 Å². The molecule has 4 nitrogen and oxygen atoms in total. The number of rotatable bonds is 2. The van der Waals surface area contributed by atoms with Crippen LogP contribution in [0.15, 0.2) is 18.2 Å². The monoisotopic (exact) mass is 326 g/mol. The predicted octanol–water partition coefficient (Wildman–Crippen LogP) is 2.38. The number of morpholine rings is 1. The number of hydrogen-bond donors (Lipinski definition) is 1. The van der Waals surface area contributed by atoms with Crippen LogP contribution in [0.25, 0.3) is 0 Å². The van der Waals surface area contributed by atoms with E-state index in [1.165, 1.54) is 6.07 Å². The Hall–Kier alpha value is -1.17. The van der Waals surface area contributed by atoms with E-state index in [4.69, 9.17) is 16.3 Å². The van der Waals surface area contributed by atoms with Gasteiger partial charge < -0.3 is 15.0 Å². The van der Waals surface area contributed by atoms with Crippen molar-refractivity contribution in [3.05, 3.63) is 34.6 Å². The summed E-state index contributed by atoms with van der Waals surface area (Å²) >= 11 is 5.83. The molecule has 2 fully saturated rings. The molecule has 3 rings (SSSR count). The second kappa shape index (κ2) is 6.94. The predicted molar refractivity (Wildman–Crippen MR) is 82.3 cm³/mol. The normalized spacial score (nSPS) is 26.0. The molecule has 0 aliphatic carbocycles. The van der Waals surface area contributed by atoms with Gasteiger partial charge in [0.2, 0.25) is 5.91 Å². The fourth-order valence-corrected chi connectivity index (χ4v) is 3.27. The Morgan fingerprint density at radius 3 is 3.05 bits per heavy atom. The van der Waals surface area contributed by atoms with E-state index in [1.54, 1.807) is 12.1 Å². The number of piperidine rings is 1. The van der Waals surface area contributed by atoms with Gasteiger partial charge in [-0.2, -0.15) is 0 Å². The summed E-state index contributed by atoms with van der Waals surface area (Å²) in [5.41, 5.74) is 0.811. The molecule has 2 saturated heterocycles. The van der Waals surface area contributed by atoms with Crippen molar-refractivity contribution in [2.45, 2.75) is 18.9 Å². The highest BCUT2D eigenvalue weighted by Crippen LogP contribution is 2.27. The van der Waals surface area contributed by atoms with Crippen LogP contribution >= 0.6 is 11.6 Å². The average Bonchev–Trinajstić information content (AvgIpc) is 2.57. The van der Waals surface area contributed by atoms with Crippen LogP contribution in [0.2, 0.25) is 5.02 Å². The third-order valence-corrected chi connectivity index (χ3v) is 4.63. The molecule has 0 spiro atoms. The van der Waals surface area contributed by atoms with Crippen LogP contribution < -0.4 is 5.32 Å². The number of carbonyl (C=O) groups excluding carboxylic acids is 1. The van der Waals surface area contributed by atoms with Gasteiger partial charge in [-0.05, 0) is 37.1 Å². The number of nitrogens with one attached hydrogen (secondary N) is 1. The Balaban J connectivity index is 1.68. The summed E-state index contributed by atoms with van der Waals surface area (Å²) < 4.78 is 19.0. The fourth-order valence-electron chi connectivity index (χ4n) is 3.08. The van der Waals surface area contributed by atoms with Crippen LogP contribution in [-0.2, 0) is 9.53 Å². The quantitative estimate of drug-likeness (QED) is 0.907. The molecule has 2 heterocycles. The van der Waals surface area contributed by atoms with E-state index in [1.807, 2.05) is 4.90 Å². The SMILES string of the molecule is O=C(C1CCCNC1)N1CCOC(c2ccc(F)c(Cl)c2)C1. The number of amides is 1. The summed E-state index contributed by atoms with van der Waals surface area (Å²) in [5, 5.41) is 3.36. The number of nitrogens with zero attached hydrogens (tertiary/aromatic N) is 1. The minimum atomic E-state index is -0.442. The smallest absolute Gasteiger partial charge is 0.227 e. The number of carbonyl (C=O) groups is 1. The first kappa shape index (κ1) is 15.7. The number of ether oxygens (including phenoxy) is 1. The lowest BCUT2D eigenvalue weighted by Crippen LogP contribution is -2.48. The Labute approximate surface area is 134 Å². The van der Waals surface area contributed by atoms with Gasteiger partial charge in [0, 0.05) is 13.1 Å². The van der Waals surface area contributed by atoms with E-state index in [-0.39, 0.29) is 23.0 Å². The molecule has 120 valence electrons. The molecular formula is C16H20ClFN2O2. The van der Waals surface area contributed by atoms with Gasteiger partial charge in [0.1, 0.15) is 11.9 Å². The topological polar surface area (TPSA) is 41.6 Å². The minimum Gasteiger partial charge on any atom is -0.370 e. The van der Waals surface area contributed by atoms with Crippen molar-refractivity contribution in [1.82, 2.24) is 10.2 Å². The number of hydrogen-bond acceptors (Lipinski definition) is 3. The molecule has 2 atom stereocenters. The van der Waals surface area contributed by atoms with Gasteiger partial charge in [-0.25, -0.2) is 4.39 Å². The Morgan fingerprint density at radius 1 is 1.45 bits per heavy atom. The molecule has 6 heteroatoms. The van der Waals surface area contributed by atoms with Crippen LogP contribution in [0, 0.1) is 11.7 Å². The molecule has 2 aliphatic rings. The largest absolute Gasteiger partial charge is 0.370 e. The lowest BCUT2D eigenvalue weighted by Gasteiger charge is -2.36. The third kappa shape index (κ3) is 3.42. The van der Waals surface area contributed by atoms with E-state index in [9.17, 15) is 9.18 Å². The van der Waals surface area contributed by atoms with Crippen LogP contribution in [0.3, 0.4) is 0 Å². The fraction of sp³-hybridized carbons (Fsp3) is 0.562. The van der Waals surface area contributed by atoms with E-state index >= 15 is 0 Å². The van der Waals surface area contributed by atoms with Gasteiger partial charge in [-0.3, -0.25) is 4.79 Å². The molecule has 2 aliphatic heterocycles. The molecule has 1 amide bonds. The van der Waals surface area contributed by atoms with Crippen molar-refractivity contribution < 1.29 is 13.9 Å². The van der Waals surface area contributed by atoms with Crippen LogP contribution in [-0.4, -0.2) is 43.6 Å². The molecule has 22 heavy (non-hydrogen) atoms. The zero-order valence-corrected chi connectivity index (χ0v) is 13.1. The van der Waals surface area contributed by atoms with E-state index in [2.05, 4.69) is 5.32 Å². The molecule has 0 aromatic heterocycles. The summed E-state index contributed by atoms with van der Waals surface area (Å²) in [4.78, 5) is 14.5. The highest BCUT2D eigenvalue weighted by Gasteiger charge is 2.30. The third-order valence-electron chi connectivity index (χ3n) is 4.34. The first-order valence-corrected chi connectivity index (χ1v) is 8.09. The molecule has 0 saturated carbocycles. The number of halogens is 2. The molecule has 0 radical (unpaired) electrons. The van der Waals surface area contributed by atoms with Gasteiger partial charge >= 0.3 is 0 Å². The first-order chi connectivity index (χ1) is 10.6.